The topological polar surface area (TPSA) is 227 Å². The van der Waals surface area contributed by atoms with Crippen molar-refractivity contribution in [3.63, 3.8) is 0 Å². The molecule has 18 nitrogen and oxygen atoms in total. The van der Waals surface area contributed by atoms with Gasteiger partial charge in [-0.25, -0.2) is 55.5 Å². The normalized spacial score (nSPS) is 21.2. The van der Waals surface area contributed by atoms with Crippen LogP contribution in [0.2, 0.25) is 5.02 Å². The Morgan fingerprint density at radius 3 is 1.55 bits per heavy atom. The van der Waals surface area contributed by atoms with Crippen LogP contribution in [0.5, 0.6) is 0 Å². The number of hydrogen-bond donors (Lipinski definition) is 4. The van der Waals surface area contributed by atoms with Gasteiger partial charge < -0.3 is 39.8 Å². The van der Waals surface area contributed by atoms with Crippen LogP contribution in [0.15, 0.2) is 96.5 Å². The molecule has 4 aliphatic heterocycles. The molecule has 4 N–H and O–H groups in total. The summed E-state index contributed by atoms with van der Waals surface area (Å²) in [6.07, 6.45) is 3.15. The maximum atomic E-state index is 14.8. The molecule has 0 spiro atoms. The molecule has 2 fully saturated rings. The van der Waals surface area contributed by atoms with Crippen LogP contribution in [0.4, 0.5) is 26.3 Å². The van der Waals surface area contributed by atoms with Gasteiger partial charge in [0, 0.05) is 75.8 Å². The first kappa shape index (κ1) is 57.9. The number of nitrogens with zero attached hydrogens (tertiary/aromatic N) is 6. The minimum Gasteiger partial charge on any atom is -0.480 e. The van der Waals surface area contributed by atoms with Crippen LogP contribution in [-0.2, 0) is 38.1 Å². The number of likely N-dealkylation sites (tertiary alicyclic amines) is 2. The molecule has 408 valence electrons. The van der Waals surface area contributed by atoms with E-state index < -0.39 is 111 Å². The van der Waals surface area contributed by atoms with Crippen molar-refractivity contribution in [1.29, 1.82) is 0 Å². The number of ether oxygens (including phenoxy) is 4. The number of benzene rings is 2. The summed E-state index contributed by atoms with van der Waals surface area (Å²) in [6, 6.07) is 5.73. The average molecular weight is 1190 g/mol. The number of nitrogens with one attached hydrogen (secondary N) is 2. The van der Waals surface area contributed by atoms with E-state index >= 15 is 0 Å². The first-order valence-corrected chi connectivity index (χ1v) is 26.1. The molecule has 0 saturated carbocycles. The number of thiazole rings is 2. The number of hydrogen-bond acceptors (Lipinski definition) is 18. The van der Waals surface area contributed by atoms with Gasteiger partial charge >= 0.3 is 23.9 Å². The molecular formula is C48H48BrClF6N8O10S2. The fraction of sp³-hybridized carbons (Fsp3) is 0.417. The van der Waals surface area contributed by atoms with E-state index in [1.165, 1.54) is 62.8 Å². The second-order valence-corrected chi connectivity index (χ2v) is 20.4. The summed E-state index contributed by atoms with van der Waals surface area (Å²) in [7, 11) is 0. The van der Waals surface area contributed by atoms with Gasteiger partial charge in [0.1, 0.15) is 36.9 Å². The van der Waals surface area contributed by atoms with Crippen LogP contribution < -0.4 is 10.6 Å². The summed E-state index contributed by atoms with van der Waals surface area (Å²) in [6.45, 7) is -0.491. The van der Waals surface area contributed by atoms with E-state index in [0.717, 1.165) is 6.07 Å². The lowest BCUT2D eigenvalue weighted by atomic mass is 9.95. The molecule has 2 aromatic carbocycles. The van der Waals surface area contributed by atoms with E-state index in [4.69, 9.17) is 45.8 Å². The quantitative estimate of drug-likeness (QED) is 0.0510. The van der Waals surface area contributed by atoms with Gasteiger partial charge in [-0.05, 0) is 43.7 Å². The van der Waals surface area contributed by atoms with Crippen LogP contribution in [0.1, 0.15) is 47.1 Å². The van der Waals surface area contributed by atoms with Crippen molar-refractivity contribution in [2.24, 2.45) is 21.8 Å². The minimum absolute atomic E-state index is 0.0311. The summed E-state index contributed by atoms with van der Waals surface area (Å²) in [5.74, 6) is -13.1. The number of esters is 2. The standard InChI is InChI=1S/C24H24BrF3N4O5S.C24H24ClF3N4O5S/c2*1-2-37-23(35)19-17(9-32-8-13(24(27,28)12-32)10-36-11-18(33)34)30-21(22-29-5-6-38-22)31-20(19)15-4-3-14(26)7-16(15)25/h2*3-7,13,20H,2,8-12H2,1H3,(H,30,31)(H,33,34). The Morgan fingerprint density at radius 2 is 1.16 bits per heavy atom. The monoisotopic (exact) mass is 1190 g/mol. The summed E-state index contributed by atoms with van der Waals surface area (Å²) in [5.41, 5.74) is 1.53. The highest BCUT2D eigenvalue weighted by atomic mass is 79.9. The third-order valence-corrected chi connectivity index (χ3v) is 14.5. The highest BCUT2D eigenvalue weighted by molar-refractivity contribution is 9.10. The zero-order chi connectivity index (χ0) is 54.9. The number of halogens is 8. The predicted molar refractivity (Wildman–Crippen MR) is 269 cm³/mol. The van der Waals surface area contributed by atoms with Gasteiger partial charge in [0.2, 0.25) is 0 Å². The Morgan fingerprint density at radius 1 is 0.724 bits per heavy atom. The van der Waals surface area contributed by atoms with Crippen molar-refractivity contribution in [3.05, 3.63) is 124 Å². The summed E-state index contributed by atoms with van der Waals surface area (Å²) in [4.78, 5) is 68.6. The van der Waals surface area contributed by atoms with E-state index in [0.29, 0.717) is 43.0 Å². The Bertz CT molecular complexity index is 2710. The van der Waals surface area contributed by atoms with Gasteiger partial charge in [-0.3, -0.25) is 19.8 Å². The molecule has 0 radical (unpaired) electrons. The number of amidine groups is 2. The highest BCUT2D eigenvalue weighted by Gasteiger charge is 2.50. The molecule has 0 aliphatic carbocycles. The number of aliphatic carboxylic acids is 2. The molecule has 8 rings (SSSR count). The first-order valence-electron chi connectivity index (χ1n) is 23.2. The van der Waals surface area contributed by atoms with Crippen molar-refractivity contribution in [2.45, 2.75) is 37.8 Å². The lowest BCUT2D eigenvalue weighted by Crippen LogP contribution is -2.39. The van der Waals surface area contributed by atoms with Gasteiger partial charge in [-0.15, -0.1) is 22.7 Å². The molecule has 4 unspecified atom stereocenters. The van der Waals surface area contributed by atoms with Gasteiger partial charge in [-0.1, -0.05) is 39.7 Å². The van der Waals surface area contributed by atoms with E-state index in [1.807, 2.05) is 0 Å². The molecule has 6 heterocycles. The van der Waals surface area contributed by atoms with Crippen molar-refractivity contribution in [2.75, 3.05) is 78.9 Å². The molecule has 4 aliphatic rings. The number of carbonyl (C=O) groups is 4. The van der Waals surface area contributed by atoms with Crippen LogP contribution in [0.3, 0.4) is 0 Å². The molecule has 76 heavy (non-hydrogen) atoms. The number of carbonyl (C=O) groups excluding carboxylic acids is 2. The van der Waals surface area contributed by atoms with Gasteiger partial charge in [-0.2, -0.15) is 0 Å². The third-order valence-electron chi connectivity index (χ3n) is 11.9. The van der Waals surface area contributed by atoms with Crippen LogP contribution in [-0.4, -0.2) is 156 Å². The Labute approximate surface area is 451 Å². The van der Waals surface area contributed by atoms with E-state index in [9.17, 15) is 45.5 Å². The summed E-state index contributed by atoms with van der Waals surface area (Å²) >= 11 is 12.3. The number of carboxylic acids is 2. The Hall–Kier alpha value is -5.81. The van der Waals surface area contributed by atoms with Crippen molar-refractivity contribution in [1.82, 2.24) is 30.4 Å². The lowest BCUT2D eigenvalue weighted by Gasteiger charge is -2.29. The number of aliphatic imine (C=N–C) groups is 2. The average Bonchev–Trinajstić information content (AvgIpc) is 4.17. The molecule has 4 atom stereocenters. The van der Waals surface area contributed by atoms with Crippen LogP contribution >= 0.6 is 50.2 Å². The number of alkyl halides is 4. The van der Waals surface area contributed by atoms with E-state index in [1.54, 1.807) is 37.0 Å². The molecular weight excluding hydrogens is 1140 g/mol. The van der Waals surface area contributed by atoms with Crippen LogP contribution in [0.25, 0.3) is 0 Å². The Kier molecular flexibility index (Phi) is 19.5. The number of carboxylic acid groups (broad SMARTS) is 2. The summed E-state index contributed by atoms with van der Waals surface area (Å²) in [5, 5.41) is 28.2. The largest absolute Gasteiger partial charge is 0.480 e. The van der Waals surface area contributed by atoms with E-state index in [2.05, 4.69) is 41.5 Å². The van der Waals surface area contributed by atoms with Gasteiger partial charge in [0.25, 0.3) is 11.8 Å². The second kappa shape index (κ2) is 25.6. The molecule has 2 aromatic heterocycles. The molecule has 28 heteroatoms. The number of rotatable bonds is 20. The van der Waals surface area contributed by atoms with Gasteiger partial charge in [0.15, 0.2) is 21.7 Å². The first-order chi connectivity index (χ1) is 36.2. The molecule has 0 bridgehead atoms. The van der Waals surface area contributed by atoms with Crippen molar-refractivity contribution >= 4 is 85.8 Å². The van der Waals surface area contributed by atoms with Crippen molar-refractivity contribution < 1.29 is 74.7 Å². The molecule has 2 saturated heterocycles. The Balaban J connectivity index is 0.000000221. The van der Waals surface area contributed by atoms with Crippen molar-refractivity contribution in [3.8, 4) is 0 Å². The zero-order valence-corrected chi connectivity index (χ0v) is 44.2. The fourth-order valence-corrected chi connectivity index (χ4v) is 10.6. The minimum atomic E-state index is -3.15. The van der Waals surface area contributed by atoms with E-state index in [-0.39, 0.29) is 61.3 Å². The fourth-order valence-electron chi connectivity index (χ4n) is 8.62. The molecule has 0 amide bonds. The third kappa shape index (κ3) is 14.4. The zero-order valence-electron chi connectivity index (χ0n) is 40.3. The van der Waals surface area contributed by atoms with Crippen LogP contribution in [0, 0.1) is 23.5 Å². The molecule has 4 aromatic rings. The SMILES string of the molecule is CCOC(=O)C1=C(CN2CC(COCC(=O)O)C(F)(F)C2)NC(c2nccs2)=NC1c1ccc(F)cc1Br.CCOC(=O)C1=C(CN2CC(COCC(=O)O)C(F)(F)C2)NC(c2nccs2)=NC1c1ccc(F)cc1Cl. The smallest absolute Gasteiger partial charge is 0.338 e. The predicted octanol–water partition coefficient (Wildman–Crippen LogP) is 7.13. The summed E-state index contributed by atoms with van der Waals surface area (Å²) < 4.78 is 108. The maximum absolute atomic E-state index is 14.8. The maximum Gasteiger partial charge on any atom is 0.338 e. The number of aromatic nitrogens is 2. The van der Waals surface area contributed by atoms with Gasteiger partial charge in [0.05, 0.1) is 62.5 Å². The lowest BCUT2D eigenvalue weighted by molar-refractivity contribution is -0.145. The highest BCUT2D eigenvalue weighted by Crippen LogP contribution is 2.41. The second-order valence-electron chi connectivity index (χ2n) is 17.3.